The molecule has 5 atom stereocenters. The zero-order valence-electron chi connectivity index (χ0n) is 28.7. The number of carbonyl (C=O) groups is 5. The van der Waals surface area contributed by atoms with Gasteiger partial charge in [-0.1, -0.05) is 39.2 Å². The van der Waals surface area contributed by atoms with Gasteiger partial charge in [0.25, 0.3) is 5.91 Å². The van der Waals surface area contributed by atoms with Crippen molar-refractivity contribution in [2.75, 3.05) is 18.8 Å². The molecule has 1 saturated heterocycles. The lowest BCUT2D eigenvalue weighted by Crippen LogP contribution is -2.59. The van der Waals surface area contributed by atoms with Crippen molar-refractivity contribution < 1.29 is 37.1 Å². The highest BCUT2D eigenvalue weighted by molar-refractivity contribution is 7.92. The van der Waals surface area contributed by atoms with Crippen LogP contribution in [0, 0.1) is 23.2 Å². The molecule has 2 saturated carbocycles. The van der Waals surface area contributed by atoms with Crippen molar-refractivity contribution >= 4 is 39.4 Å². The molecule has 0 bridgehead atoms. The monoisotopic (exact) mass is 666 g/mol. The van der Waals surface area contributed by atoms with E-state index in [0.717, 1.165) is 32.1 Å². The second kappa shape index (κ2) is 14.0. The number of likely N-dealkylation sites (tertiary alicyclic amines) is 1. The van der Waals surface area contributed by atoms with Gasteiger partial charge in [-0.3, -0.25) is 19.2 Å². The van der Waals surface area contributed by atoms with Crippen molar-refractivity contribution in [2.45, 2.75) is 122 Å². The predicted octanol–water partition coefficient (Wildman–Crippen LogP) is 2.90. The van der Waals surface area contributed by atoms with Gasteiger partial charge in [0.05, 0.1) is 10.5 Å². The average molecular weight is 667 g/mol. The van der Waals surface area contributed by atoms with E-state index in [1.54, 1.807) is 41.5 Å². The normalized spacial score (nSPS) is 24.2. The molecule has 12 nitrogen and oxygen atoms in total. The second-order valence-corrected chi connectivity index (χ2v) is 18.4. The summed E-state index contributed by atoms with van der Waals surface area (Å²) in [5.74, 6) is -3.42. The molecule has 1 aliphatic heterocycles. The number of hydrogen-bond donors (Lipinski definition) is 3. The van der Waals surface area contributed by atoms with E-state index in [1.807, 2.05) is 13.8 Å². The summed E-state index contributed by atoms with van der Waals surface area (Å²) in [7, 11) is -3.52. The van der Waals surface area contributed by atoms with Gasteiger partial charge in [-0.2, -0.15) is 0 Å². The SMILES string of the molecule is C=CCC(NC(=O)[C@@H]1[C@@H]2[C@H](CN1C(=O)[C@@H](NC(=O)OC(C)(C)C)C1CCCCC1)C2(C)C)C(=O)C(=O)NCCS(=O)(=O)C(C)(C)C. The van der Waals surface area contributed by atoms with E-state index in [4.69, 9.17) is 4.74 Å². The number of carbonyl (C=O) groups excluding carboxylic acids is 5. The van der Waals surface area contributed by atoms with Crippen LogP contribution in [-0.2, 0) is 33.8 Å². The summed E-state index contributed by atoms with van der Waals surface area (Å²) in [6.45, 7) is 17.7. The summed E-state index contributed by atoms with van der Waals surface area (Å²) < 4.78 is 29.3. The number of ether oxygens (including phenoxy) is 1. The highest BCUT2D eigenvalue weighted by Crippen LogP contribution is 2.65. The Balaban J connectivity index is 1.78. The molecular weight excluding hydrogens is 612 g/mol. The zero-order valence-corrected chi connectivity index (χ0v) is 29.6. The fourth-order valence-electron chi connectivity index (χ4n) is 6.78. The Bertz CT molecular complexity index is 1310. The molecule has 260 valence electrons. The smallest absolute Gasteiger partial charge is 0.408 e. The van der Waals surface area contributed by atoms with Gasteiger partial charge in [0.2, 0.25) is 17.6 Å². The molecule has 0 aromatic carbocycles. The van der Waals surface area contributed by atoms with Gasteiger partial charge in [0, 0.05) is 13.1 Å². The van der Waals surface area contributed by atoms with Crippen LogP contribution in [0.1, 0.15) is 93.9 Å². The van der Waals surface area contributed by atoms with E-state index < -0.39 is 62.0 Å². The fourth-order valence-corrected chi connectivity index (χ4v) is 7.76. The van der Waals surface area contributed by atoms with Gasteiger partial charge in [-0.25, -0.2) is 13.2 Å². The molecule has 0 aromatic heterocycles. The third-order valence-electron chi connectivity index (χ3n) is 9.67. The Morgan fingerprint density at radius 1 is 1.00 bits per heavy atom. The van der Waals surface area contributed by atoms with Crippen molar-refractivity contribution in [3.63, 3.8) is 0 Å². The minimum atomic E-state index is -3.52. The van der Waals surface area contributed by atoms with Crippen LogP contribution in [0.15, 0.2) is 12.7 Å². The van der Waals surface area contributed by atoms with Crippen molar-refractivity contribution in [1.82, 2.24) is 20.9 Å². The maximum atomic E-state index is 14.2. The fraction of sp³-hybridized carbons (Fsp3) is 0.788. The Hall–Kier alpha value is -2.96. The maximum Gasteiger partial charge on any atom is 0.408 e. The predicted molar refractivity (Wildman–Crippen MR) is 174 cm³/mol. The molecule has 2 aliphatic carbocycles. The van der Waals surface area contributed by atoms with E-state index in [-0.39, 0.29) is 47.8 Å². The number of amides is 4. The molecule has 4 amide bonds. The van der Waals surface area contributed by atoms with Crippen LogP contribution in [0.2, 0.25) is 0 Å². The molecule has 3 aliphatic rings. The largest absolute Gasteiger partial charge is 0.444 e. The highest BCUT2D eigenvalue weighted by Gasteiger charge is 2.69. The quantitative estimate of drug-likeness (QED) is 0.211. The van der Waals surface area contributed by atoms with E-state index in [0.29, 0.717) is 6.54 Å². The number of piperidine rings is 1. The first-order valence-corrected chi connectivity index (χ1v) is 18.0. The van der Waals surface area contributed by atoms with Crippen LogP contribution >= 0.6 is 0 Å². The van der Waals surface area contributed by atoms with Gasteiger partial charge >= 0.3 is 6.09 Å². The standard InChI is InChI=1S/C33H54N4O8S/c1-10-14-22(26(38)28(40)34-17-18-46(43,44)32(5,6)7)35-27(39)25-23-21(33(23,8)9)19-37(25)29(41)24(20-15-12-11-13-16-20)36-30(42)45-31(2,3)4/h10,20-25H,1,11-19H2,2-9H3,(H,34,40)(H,35,39)(H,36,42)/t21-,22?,23-,24-,25-/m0/s1. The molecule has 0 spiro atoms. The molecular formula is C33H54N4O8S. The number of hydrogen-bond acceptors (Lipinski definition) is 8. The van der Waals surface area contributed by atoms with E-state index >= 15 is 0 Å². The molecule has 1 unspecified atom stereocenters. The summed E-state index contributed by atoms with van der Waals surface area (Å²) >= 11 is 0. The summed E-state index contributed by atoms with van der Waals surface area (Å²) in [5.41, 5.74) is -0.975. The highest BCUT2D eigenvalue weighted by atomic mass is 32.2. The molecule has 3 rings (SSSR count). The lowest BCUT2D eigenvalue weighted by Gasteiger charge is -2.37. The first-order chi connectivity index (χ1) is 21.1. The third-order valence-corrected chi connectivity index (χ3v) is 12.3. The number of alkyl carbamates (subject to hydrolysis) is 1. The number of nitrogens with zero attached hydrogens (tertiary/aromatic N) is 1. The van der Waals surface area contributed by atoms with E-state index in [9.17, 15) is 32.4 Å². The van der Waals surface area contributed by atoms with Crippen molar-refractivity contribution in [1.29, 1.82) is 0 Å². The lowest BCUT2D eigenvalue weighted by atomic mass is 9.83. The molecule has 13 heteroatoms. The van der Waals surface area contributed by atoms with Gasteiger partial charge in [0.1, 0.15) is 23.7 Å². The minimum Gasteiger partial charge on any atom is -0.444 e. The first-order valence-electron chi connectivity index (χ1n) is 16.4. The molecule has 3 fully saturated rings. The van der Waals surface area contributed by atoms with Gasteiger partial charge in [0.15, 0.2) is 9.84 Å². The van der Waals surface area contributed by atoms with Gasteiger partial charge < -0.3 is 25.6 Å². The Morgan fingerprint density at radius 2 is 1.61 bits per heavy atom. The molecule has 0 aromatic rings. The van der Waals surface area contributed by atoms with Gasteiger partial charge in [-0.15, -0.1) is 6.58 Å². The first kappa shape index (κ1) is 37.5. The minimum absolute atomic E-state index is 0.0403. The Kier molecular flexibility index (Phi) is 11.4. The van der Waals surface area contributed by atoms with Crippen molar-refractivity contribution in [3.8, 4) is 0 Å². The Morgan fingerprint density at radius 3 is 2.15 bits per heavy atom. The number of nitrogens with one attached hydrogen (secondary N) is 3. The van der Waals surface area contributed by atoms with Crippen LogP contribution in [0.25, 0.3) is 0 Å². The van der Waals surface area contributed by atoms with Crippen LogP contribution < -0.4 is 16.0 Å². The number of Topliss-reactive ketones (excluding diaryl/α,β-unsaturated/α-hetero) is 1. The van der Waals surface area contributed by atoms with Crippen LogP contribution in [0.3, 0.4) is 0 Å². The molecule has 46 heavy (non-hydrogen) atoms. The van der Waals surface area contributed by atoms with E-state index in [1.165, 1.54) is 11.0 Å². The van der Waals surface area contributed by atoms with E-state index in [2.05, 4.69) is 22.5 Å². The number of fused-ring (bicyclic) bond motifs is 1. The second-order valence-electron chi connectivity index (χ2n) is 15.5. The third kappa shape index (κ3) is 8.68. The van der Waals surface area contributed by atoms with Crippen molar-refractivity contribution in [2.24, 2.45) is 23.2 Å². The number of rotatable bonds is 12. The molecule has 3 N–H and O–H groups in total. The van der Waals surface area contributed by atoms with Crippen LogP contribution in [0.4, 0.5) is 4.79 Å². The topological polar surface area (TPSA) is 168 Å². The summed E-state index contributed by atoms with van der Waals surface area (Å²) in [4.78, 5) is 68.5. The molecule has 1 heterocycles. The van der Waals surface area contributed by atoms with Crippen LogP contribution in [-0.4, -0.2) is 90.2 Å². The number of sulfone groups is 1. The lowest BCUT2D eigenvalue weighted by molar-refractivity contribution is -0.145. The summed E-state index contributed by atoms with van der Waals surface area (Å²) in [6.07, 6.45) is 5.11. The Labute approximate surface area is 274 Å². The average Bonchev–Trinajstić information content (AvgIpc) is 3.26. The van der Waals surface area contributed by atoms with Crippen molar-refractivity contribution in [3.05, 3.63) is 12.7 Å². The summed E-state index contributed by atoms with van der Waals surface area (Å²) in [5, 5.41) is 7.88. The molecule has 0 radical (unpaired) electrons. The van der Waals surface area contributed by atoms with Gasteiger partial charge in [-0.05, 0) is 84.0 Å². The summed E-state index contributed by atoms with van der Waals surface area (Å²) in [6, 6.07) is -3.03. The maximum absolute atomic E-state index is 14.2. The zero-order chi connectivity index (χ0) is 34.8. The number of ketones is 1. The van der Waals surface area contributed by atoms with Crippen LogP contribution in [0.5, 0.6) is 0 Å².